The Morgan fingerprint density at radius 2 is 1.40 bits per heavy atom. The number of hydrogen-bond donors (Lipinski definition) is 1. The highest BCUT2D eigenvalue weighted by molar-refractivity contribution is 5.70. The minimum Gasteiger partial charge on any atom is -0.481 e. The molecule has 0 atom stereocenters. The lowest BCUT2D eigenvalue weighted by atomic mass is 9.92. The van der Waals surface area contributed by atoms with E-state index in [4.69, 9.17) is 0 Å². The number of rotatable bonds is 5. The SMILES string of the molecule is O=C(O)C(Cc1cccc(F)c1)Cc1cccc(F)c1. The van der Waals surface area contributed by atoms with Gasteiger partial charge >= 0.3 is 5.97 Å². The number of hydrogen-bond acceptors (Lipinski definition) is 1. The average Bonchev–Trinajstić information content (AvgIpc) is 2.38. The molecule has 0 aliphatic heterocycles. The molecular weight excluding hydrogens is 262 g/mol. The fraction of sp³-hybridized carbons (Fsp3) is 0.188. The fourth-order valence-electron chi connectivity index (χ4n) is 2.14. The van der Waals surface area contributed by atoms with Crippen LogP contribution in [0.25, 0.3) is 0 Å². The summed E-state index contributed by atoms with van der Waals surface area (Å²) in [6.07, 6.45) is 0.424. The first-order valence-corrected chi connectivity index (χ1v) is 6.26. The predicted molar refractivity (Wildman–Crippen MR) is 71.3 cm³/mol. The molecule has 2 rings (SSSR count). The highest BCUT2D eigenvalue weighted by atomic mass is 19.1. The van der Waals surface area contributed by atoms with E-state index in [9.17, 15) is 18.7 Å². The van der Waals surface area contributed by atoms with Crippen LogP contribution in [0.5, 0.6) is 0 Å². The minimum absolute atomic E-state index is 0.212. The van der Waals surface area contributed by atoms with E-state index >= 15 is 0 Å². The molecule has 0 unspecified atom stereocenters. The zero-order valence-corrected chi connectivity index (χ0v) is 10.7. The Bertz CT molecular complexity index is 563. The summed E-state index contributed by atoms with van der Waals surface area (Å²) in [5, 5.41) is 9.25. The number of aliphatic carboxylic acids is 1. The van der Waals surface area contributed by atoms with Gasteiger partial charge in [-0.2, -0.15) is 0 Å². The van der Waals surface area contributed by atoms with Crippen molar-refractivity contribution in [1.82, 2.24) is 0 Å². The second kappa shape index (κ2) is 6.28. The Balaban J connectivity index is 2.13. The van der Waals surface area contributed by atoms with Crippen LogP contribution in [-0.4, -0.2) is 11.1 Å². The molecule has 0 heterocycles. The molecular formula is C16H14F2O2. The number of carbonyl (C=O) groups is 1. The maximum absolute atomic E-state index is 13.1. The van der Waals surface area contributed by atoms with Gasteiger partial charge in [-0.05, 0) is 48.2 Å². The van der Waals surface area contributed by atoms with Gasteiger partial charge in [-0.1, -0.05) is 24.3 Å². The van der Waals surface area contributed by atoms with Crippen molar-refractivity contribution in [2.24, 2.45) is 5.92 Å². The summed E-state index contributed by atoms with van der Waals surface area (Å²) in [5.41, 5.74) is 1.24. The van der Waals surface area contributed by atoms with Crippen molar-refractivity contribution in [3.8, 4) is 0 Å². The number of benzene rings is 2. The zero-order valence-electron chi connectivity index (χ0n) is 10.7. The van der Waals surface area contributed by atoms with Crippen molar-refractivity contribution >= 4 is 5.97 Å². The Morgan fingerprint density at radius 1 is 0.950 bits per heavy atom. The van der Waals surface area contributed by atoms with Crippen LogP contribution in [0.3, 0.4) is 0 Å². The summed E-state index contributed by atoms with van der Waals surface area (Å²) in [7, 11) is 0. The van der Waals surface area contributed by atoms with Gasteiger partial charge in [0.2, 0.25) is 0 Å². The summed E-state index contributed by atoms with van der Waals surface area (Å²) in [6.45, 7) is 0. The topological polar surface area (TPSA) is 37.3 Å². The van der Waals surface area contributed by atoms with Crippen molar-refractivity contribution in [1.29, 1.82) is 0 Å². The molecule has 0 aliphatic rings. The molecule has 104 valence electrons. The lowest BCUT2D eigenvalue weighted by Crippen LogP contribution is -2.19. The second-order valence-corrected chi connectivity index (χ2v) is 4.70. The second-order valence-electron chi connectivity index (χ2n) is 4.70. The van der Waals surface area contributed by atoms with Crippen molar-refractivity contribution in [2.75, 3.05) is 0 Å². The van der Waals surface area contributed by atoms with E-state index in [1.165, 1.54) is 24.3 Å². The fourth-order valence-corrected chi connectivity index (χ4v) is 2.14. The first-order valence-electron chi connectivity index (χ1n) is 6.26. The molecule has 0 fully saturated rings. The molecule has 1 N–H and O–H groups in total. The molecule has 4 heteroatoms. The third kappa shape index (κ3) is 3.88. The van der Waals surface area contributed by atoms with Gasteiger partial charge in [0, 0.05) is 0 Å². The smallest absolute Gasteiger partial charge is 0.307 e. The largest absolute Gasteiger partial charge is 0.481 e. The van der Waals surface area contributed by atoms with E-state index in [1.54, 1.807) is 24.3 Å². The molecule has 0 aromatic heterocycles. The molecule has 0 spiro atoms. The molecule has 0 radical (unpaired) electrons. The molecule has 2 nitrogen and oxygen atoms in total. The number of carboxylic acid groups (broad SMARTS) is 1. The van der Waals surface area contributed by atoms with E-state index in [2.05, 4.69) is 0 Å². The van der Waals surface area contributed by atoms with Crippen molar-refractivity contribution in [3.05, 3.63) is 71.3 Å². The van der Waals surface area contributed by atoms with Gasteiger partial charge in [-0.25, -0.2) is 8.78 Å². The predicted octanol–water partition coefficient (Wildman–Crippen LogP) is 3.45. The third-order valence-electron chi connectivity index (χ3n) is 3.09. The van der Waals surface area contributed by atoms with E-state index in [1.807, 2.05) is 0 Å². The lowest BCUT2D eigenvalue weighted by Gasteiger charge is -2.12. The van der Waals surface area contributed by atoms with Crippen LogP contribution in [0, 0.1) is 17.6 Å². The minimum atomic E-state index is -0.974. The molecule has 0 bridgehead atoms. The van der Waals surface area contributed by atoms with Crippen molar-refractivity contribution < 1.29 is 18.7 Å². The maximum Gasteiger partial charge on any atom is 0.307 e. The van der Waals surface area contributed by atoms with Crippen LogP contribution >= 0.6 is 0 Å². The molecule has 0 aliphatic carbocycles. The zero-order chi connectivity index (χ0) is 14.5. The summed E-state index contributed by atoms with van der Waals surface area (Å²) in [6, 6.07) is 11.7. The van der Waals surface area contributed by atoms with Gasteiger partial charge < -0.3 is 5.11 Å². The lowest BCUT2D eigenvalue weighted by molar-refractivity contribution is -0.141. The Kier molecular flexibility index (Phi) is 4.45. The van der Waals surface area contributed by atoms with Gasteiger partial charge in [-0.15, -0.1) is 0 Å². The number of halogens is 2. The molecule has 2 aromatic carbocycles. The summed E-state index contributed by atoms with van der Waals surface area (Å²) < 4.78 is 26.2. The monoisotopic (exact) mass is 276 g/mol. The van der Waals surface area contributed by atoms with Crippen LogP contribution in [0.2, 0.25) is 0 Å². The van der Waals surface area contributed by atoms with Gasteiger partial charge in [0.15, 0.2) is 0 Å². The average molecular weight is 276 g/mol. The Morgan fingerprint density at radius 3 is 1.75 bits per heavy atom. The van der Waals surface area contributed by atoms with Crippen LogP contribution in [0.4, 0.5) is 8.78 Å². The molecule has 20 heavy (non-hydrogen) atoms. The first kappa shape index (κ1) is 14.2. The standard InChI is InChI=1S/C16H14F2O2/c17-14-5-1-3-11(9-14)7-13(16(19)20)8-12-4-2-6-15(18)10-12/h1-6,9-10,13H,7-8H2,(H,19,20). The van der Waals surface area contributed by atoms with E-state index < -0.39 is 23.5 Å². The van der Waals surface area contributed by atoms with Crippen molar-refractivity contribution in [2.45, 2.75) is 12.8 Å². The van der Waals surface area contributed by atoms with Gasteiger partial charge in [0.25, 0.3) is 0 Å². The Labute approximate surface area is 115 Å². The van der Waals surface area contributed by atoms with Gasteiger partial charge in [0.1, 0.15) is 11.6 Å². The van der Waals surface area contributed by atoms with Crippen LogP contribution in [0.1, 0.15) is 11.1 Å². The highest BCUT2D eigenvalue weighted by Gasteiger charge is 2.19. The molecule has 2 aromatic rings. The van der Waals surface area contributed by atoms with Crippen LogP contribution in [-0.2, 0) is 17.6 Å². The maximum atomic E-state index is 13.1. The van der Waals surface area contributed by atoms with Gasteiger partial charge in [0.05, 0.1) is 5.92 Å². The molecule has 0 amide bonds. The van der Waals surface area contributed by atoms with Gasteiger partial charge in [-0.3, -0.25) is 4.79 Å². The van der Waals surface area contributed by atoms with E-state index in [-0.39, 0.29) is 12.8 Å². The van der Waals surface area contributed by atoms with E-state index in [0.717, 1.165) is 0 Å². The van der Waals surface area contributed by atoms with Crippen molar-refractivity contribution in [3.63, 3.8) is 0 Å². The van der Waals surface area contributed by atoms with Crippen LogP contribution in [0.15, 0.2) is 48.5 Å². The number of carboxylic acids is 1. The van der Waals surface area contributed by atoms with Crippen LogP contribution < -0.4 is 0 Å². The summed E-state index contributed by atoms with van der Waals surface area (Å²) >= 11 is 0. The van der Waals surface area contributed by atoms with E-state index in [0.29, 0.717) is 11.1 Å². The normalized spacial score (nSPS) is 10.8. The first-order chi connectivity index (χ1) is 9.54. The quantitative estimate of drug-likeness (QED) is 0.908. The molecule has 0 saturated heterocycles. The third-order valence-corrected chi connectivity index (χ3v) is 3.09. The Hall–Kier alpha value is -2.23. The summed E-state index contributed by atoms with van der Waals surface area (Å²) in [5.74, 6) is -2.47. The summed E-state index contributed by atoms with van der Waals surface area (Å²) in [4.78, 5) is 11.3. The molecule has 0 saturated carbocycles. The highest BCUT2D eigenvalue weighted by Crippen LogP contribution is 2.16.